The number of hydrazine groups is 1. The van der Waals surface area contributed by atoms with E-state index < -0.39 is 14.9 Å². The van der Waals surface area contributed by atoms with Crippen molar-refractivity contribution in [2.24, 2.45) is 0 Å². The van der Waals surface area contributed by atoms with Crippen LogP contribution in [0.25, 0.3) is 0 Å². The summed E-state index contributed by atoms with van der Waals surface area (Å²) in [4.78, 5) is 14.4. The van der Waals surface area contributed by atoms with E-state index >= 15 is 0 Å². The molecule has 1 amide bonds. The fourth-order valence-corrected chi connectivity index (χ4v) is 5.50. The molecule has 0 radical (unpaired) electrons. The summed E-state index contributed by atoms with van der Waals surface area (Å²) in [5.41, 5.74) is 0. The summed E-state index contributed by atoms with van der Waals surface area (Å²) in [7, 11) is -3.71. The minimum atomic E-state index is -3.71. The number of amides is 1. The molecule has 21 heavy (non-hydrogen) atoms. The van der Waals surface area contributed by atoms with Crippen LogP contribution in [0.1, 0.15) is 32.1 Å². The molecule has 2 aliphatic rings. The summed E-state index contributed by atoms with van der Waals surface area (Å²) < 4.78 is 24.9. The van der Waals surface area contributed by atoms with Crippen molar-refractivity contribution < 1.29 is 13.2 Å². The van der Waals surface area contributed by atoms with E-state index in [0.717, 1.165) is 32.1 Å². The van der Waals surface area contributed by atoms with Crippen LogP contribution in [0.3, 0.4) is 0 Å². The third kappa shape index (κ3) is 2.82. The Morgan fingerprint density at radius 2 is 1.76 bits per heavy atom. The molecule has 7 heteroatoms. The summed E-state index contributed by atoms with van der Waals surface area (Å²) in [5.74, 6) is 0.193. The highest BCUT2D eigenvalue weighted by Crippen LogP contribution is 2.46. The number of thioether (sulfide) groups is 1. The number of hydrogen-bond donors (Lipinski definition) is 1. The highest BCUT2D eigenvalue weighted by Gasteiger charge is 2.48. The molecule has 1 aromatic rings. The molecule has 0 bridgehead atoms. The normalized spacial score (nSPS) is 21.9. The number of nitrogens with zero attached hydrogens (tertiary/aromatic N) is 1. The third-order valence-corrected chi connectivity index (χ3v) is 6.86. The maximum Gasteiger partial charge on any atom is 0.257 e. The second-order valence-corrected chi connectivity index (χ2v) is 8.43. The lowest BCUT2D eigenvalue weighted by Crippen LogP contribution is -2.55. The minimum absolute atomic E-state index is 0.151. The van der Waals surface area contributed by atoms with E-state index in [-0.39, 0.29) is 10.8 Å². The molecule has 1 spiro atoms. The lowest BCUT2D eigenvalue weighted by molar-refractivity contribution is -0.132. The van der Waals surface area contributed by atoms with Crippen LogP contribution in [0.4, 0.5) is 0 Å². The first-order valence-corrected chi connectivity index (χ1v) is 9.55. The Morgan fingerprint density at radius 1 is 1.10 bits per heavy atom. The van der Waals surface area contributed by atoms with Gasteiger partial charge in [-0.2, -0.15) is 0 Å². The number of hydrogen-bond acceptors (Lipinski definition) is 4. The number of sulfonamides is 1. The molecule has 1 saturated carbocycles. The molecule has 1 N–H and O–H groups in total. The van der Waals surface area contributed by atoms with Gasteiger partial charge in [0.25, 0.3) is 10.0 Å². The molecule has 1 aliphatic carbocycles. The number of benzene rings is 1. The van der Waals surface area contributed by atoms with Crippen molar-refractivity contribution >= 4 is 27.7 Å². The first-order chi connectivity index (χ1) is 10.0. The Bertz CT molecular complexity index is 625. The van der Waals surface area contributed by atoms with Crippen LogP contribution < -0.4 is 4.83 Å². The first-order valence-electron chi connectivity index (χ1n) is 7.08. The van der Waals surface area contributed by atoms with E-state index in [0.29, 0.717) is 5.75 Å². The Hall–Kier alpha value is -1.05. The van der Waals surface area contributed by atoms with Crippen LogP contribution >= 0.6 is 11.8 Å². The van der Waals surface area contributed by atoms with Gasteiger partial charge in [-0.3, -0.25) is 4.79 Å². The maximum atomic E-state index is 12.4. The number of nitrogens with one attached hydrogen (secondary N) is 1. The summed E-state index contributed by atoms with van der Waals surface area (Å²) in [6.45, 7) is 0. The Labute approximate surface area is 129 Å². The Kier molecular flexibility index (Phi) is 3.98. The summed E-state index contributed by atoms with van der Waals surface area (Å²) in [6, 6.07) is 8.17. The highest BCUT2D eigenvalue weighted by atomic mass is 32.2. The highest BCUT2D eigenvalue weighted by molar-refractivity contribution is 8.01. The van der Waals surface area contributed by atoms with Crippen molar-refractivity contribution in [3.8, 4) is 0 Å². The molecule has 0 unspecified atom stereocenters. The zero-order valence-electron chi connectivity index (χ0n) is 11.6. The summed E-state index contributed by atoms with van der Waals surface area (Å²) >= 11 is 1.57. The van der Waals surface area contributed by atoms with Crippen LogP contribution in [-0.2, 0) is 14.8 Å². The molecule has 5 nitrogen and oxygen atoms in total. The van der Waals surface area contributed by atoms with E-state index in [1.54, 1.807) is 30.0 Å². The van der Waals surface area contributed by atoms with Crippen molar-refractivity contribution in [3.63, 3.8) is 0 Å². The fraction of sp³-hybridized carbons (Fsp3) is 0.500. The van der Waals surface area contributed by atoms with E-state index in [9.17, 15) is 13.2 Å². The molecule has 1 saturated heterocycles. The summed E-state index contributed by atoms with van der Waals surface area (Å²) in [6.07, 6.45) is 4.91. The van der Waals surface area contributed by atoms with Crippen LogP contribution in [0.15, 0.2) is 35.2 Å². The van der Waals surface area contributed by atoms with Crippen molar-refractivity contribution in [2.45, 2.75) is 41.9 Å². The third-order valence-electron chi connectivity index (χ3n) is 4.02. The van der Waals surface area contributed by atoms with Crippen molar-refractivity contribution in [1.29, 1.82) is 0 Å². The van der Waals surface area contributed by atoms with Gasteiger partial charge < -0.3 is 0 Å². The van der Waals surface area contributed by atoms with Gasteiger partial charge in [0.2, 0.25) is 5.91 Å². The van der Waals surface area contributed by atoms with Gasteiger partial charge in [0, 0.05) is 0 Å². The predicted molar refractivity (Wildman–Crippen MR) is 81.9 cm³/mol. The van der Waals surface area contributed by atoms with E-state index in [4.69, 9.17) is 0 Å². The second kappa shape index (κ2) is 5.62. The van der Waals surface area contributed by atoms with Crippen LogP contribution in [0.5, 0.6) is 0 Å². The monoisotopic (exact) mass is 326 g/mol. The lowest BCUT2D eigenvalue weighted by Gasteiger charge is -2.39. The van der Waals surface area contributed by atoms with Gasteiger partial charge in [-0.1, -0.05) is 37.5 Å². The SMILES string of the molecule is O=C1CSC2(CCCCC2)N1NS(=O)(=O)c1ccccc1. The lowest BCUT2D eigenvalue weighted by atomic mass is 9.94. The average molecular weight is 326 g/mol. The standard InChI is InChI=1S/C14H18N2O3S2/c17-13-11-20-14(9-5-2-6-10-14)16(13)15-21(18,19)12-7-3-1-4-8-12/h1,3-4,7-8,15H,2,5-6,9-11H2. The molecular formula is C14H18N2O3S2. The zero-order valence-corrected chi connectivity index (χ0v) is 13.3. The summed E-state index contributed by atoms with van der Waals surface area (Å²) in [5, 5.41) is 1.37. The maximum absolute atomic E-state index is 12.4. The van der Waals surface area contributed by atoms with Crippen molar-refractivity contribution in [1.82, 2.24) is 9.84 Å². The van der Waals surface area contributed by atoms with Crippen LogP contribution in [-0.4, -0.2) is 30.0 Å². The zero-order chi connectivity index (χ0) is 14.9. The molecule has 1 aromatic carbocycles. The van der Waals surface area contributed by atoms with Crippen LogP contribution in [0.2, 0.25) is 0 Å². The molecule has 2 fully saturated rings. The van der Waals surface area contributed by atoms with Gasteiger partial charge in [-0.15, -0.1) is 16.6 Å². The van der Waals surface area contributed by atoms with E-state index in [1.165, 1.54) is 17.1 Å². The second-order valence-electron chi connectivity index (χ2n) is 5.43. The van der Waals surface area contributed by atoms with E-state index in [1.807, 2.05) is 0 Å². The molecule has 3 rings (SSSR count). The fourth-order valence-electron chi connectivity index (χ4n) is 2.93. The Balaban J connectivity index is 1.87. The van der Waals surface area contributed by atoms with Gasteiger partial charge in [-0.25, -0.2) is 13.4 Å². The van der Waals surface area contributed by atoms with Crippen molar-refractivity contribution in [3.05, 3.63) is 30.3 Å². The molecule has 1 heterocycles. The molecule has 1 aliphatic heterocycles. The van der Waals surface area contributed by atoms with Gasteiger partial charge in [-0.05, 0) is 25.0 Å². The first kappa shape index (κ1) is 14.9. The topological polar surface area (TPSA) is 66.5 Å². The van der Waals surface area contributed by atoms with E-state index in [2.05, 4.69) is 4.83 Å². The number of carbonyl (C=O) groups is 1. The van der Waals surface area contributed by atoms with Crippen molar-refractivity contribution in [2.75, 3.05) is 5.75 Å². The smallest absolute Gasteiger partial charge is 0.257 e. The minimum Gasteiger partial charge on any atom is -0.272 e. The Morgan fingerprint density at radius 3 is 2.43 bits per heavy atom. The molecule has 0 aromatic heterocycles. The van der Waals surface area contributed by atoms with Gasteiger partial charge >= 0.3 is 0 Å². The molecule has 114 valence electrons. The van der Waals surface area contributed by atoms with Gasteiger partial charge in [0.05, 0.1) is 10.6 Å². The predicted octanol–water partition coefficient (Wildman–Crippen LogP) is 2.12. The number of rotatable bonds is 3. The average Bonchev–Trinajstić information content (AvgIpc) is 2.78. The van der Waals surface area contributed by atoms with Gasteiger partial charge in [0.1, 0.15) is 4.87 Å². The van der Waals surface area contributed by atoms with Gasteiger partial charge in [0.15, 0.2) is 0 Å². The largest absolute Gasteiger partial charge is 0.272 e. The van der Waals surface area contributed by atoms with Crippen LogP contribution in [0, 0.1) is 0 Å². The quantitative estimate of drug-likeness (QED) is 0.924. The molecular weight excluding hydrogens is 308 g/mol. The number of carbonyl (C=O) groups excluding carboxylic acids is 1. The molecule has 0 atom stereocenters.